The quantitative estimate of drug-likeness (QED) is 0.772. The largest absolute Gasteiger partial charge is 0.493 e. The van der Waals surface area contributed by atoms with Gasteiger partial charge in [0.2, 0.25) is 0 Å². The summed E-state index contributed by atoms with van der Waals surface area (Å²) in [6.45, 7) is 5.26. The molecule has 5 nitrogen and oxygen atoms in total. The first-order valence-electron chi connectivity index (χ1n) is 6.75. The number of carboxylic acids is 1. The average Bonchev–Trinajstić information content (AvgIpc) is 2.43. The van der Waals surface area contributed by atoms with Crippen molar-refractivity contribution in [2.75, 3.05) is 20.8 Å². The number of benzene rings is 1. The number of aliphatic carboxylic acids is 1. The van der Waals surface area contributed by atoms with E-state index in [0.717, 1.165) is 10.0 Å². The number of carbonyl (C=O) groups is 1. The Kier molecular flexibility index (Phi) is 6.98. The molecule has 6 heteroatoms. The maximum atomic E-state index is 10.8. The molecule has 1 aromatic rings. The summed E-state index contributed by atoms with van der Waals surface area (Å²) in [4.78, 5) is 12.9. The normalized spacial score (nSPS) is 11.0. The van der Waals surface area contributed by atoms with E-state index in [9.17, 15) is 4.79 Å². The number of carboxylic acid groups (broad SMARTS) is 1. The predicted molar refractivity (Wildman–Crippen MR) is 85.0 cm³/mol. The van der Waals surface area contributed by atoms with E-state index in [0.29, 0.717) is 24.6 Å². The fourth-order valence-electron chi connectivity index (χ4n) is 2.00. The van der Waals surface area contributed by atoms with Crippen LogP contribution in [0.4, 0.5) is 0 Å². The van der Waals surface area contributed by atoms with E-state index in [2.05, 4.69) is 34.7 Å². The van der Waals surface area contributed by atoms with Crippen LogP contribution >= 0.6 is 15.9 Å². The average molecular weight is 360 g/mol. The lowest BCUT2D eigenvalue weighted by atomic mass is 10.1. The van der Waals surface area contributed by atoms with Gasteiger partial charge in [0.25, 0.3) is 0 Å². The van der Waals surface area contributed by atoms with Gasteiger partial charge in [-0.15, -0.1) is 0 Å². The van der Waals surface area contributed by atoms with E-state index < -0.39 is 5.97 Å². The minimum absolute atomic E-state index is 0.128. The van der Waals surface area contributed by atoms with Crippen LogP contribution in [0.5, 0.6) is 11.5 Å². The number of rotatable bonds is 8. The Morgan fingerprint density at radius 1 is 1.29 bits per heavy atom. The van der Waals surface area contributed by atoms with Gasteiger partial charge in [-0.1, -0.05) is 15.9 Å². The molecule has 0 aliphatic heterocycles. The Labute approximate surface area is 134 Å². The molecule has 0 spiro atoms. The zero-order chi connectivity index (χ0) is 16.0. The highest BCUT2D eigenvalue weighted by molar-refractivity contribution is 9.10. The molecule has 0 unspecified atom stereocenters. The van der Waals surface area contributed by atoms with Gasteiger partial charge in [-0.2, -0.15) is 0 Å². The zero-order valence-corrected chi connectivity index (χ0v) is 14.4. The summed E-state index contributed by atoms with van der Waals surface area (Å²) in [5, 5.41) is 8.84. The molecular formula is C15H22BrNO4. The van der Waals surface area contributed by atoms with E-state index in [1.807, 2.05) is 12.1 Å². The number of halogens is 1. The van der Waals surface area contributed by atoms with Crippen LogP contribution in [0.25, 0.3) is 0 Å². The predicted octanol–water partition coefficient (Wildman–Crippen LogP) is 3.15. The molecule has 0 heterocycles. The molecule has 0 aliphatic rings. The fourth-order valence-corrected chi connectivity index (χ4v) is 2.44. The summed E-state index contributed by atoms with van der Waals surface area (Å²) in [7, 11) is 3.19. The molecule has 0 atom stereocenters. The van der Waals surface area contributed by atoms with Crippen molar-refractivity contribution in [1.82, 2.24) is 4.90 Å². The maximum Gasteiger partial charge on any atom is 0.304 e. The summed E-state index contributed by atoms with van der Waals surface area (Å²) in [5.41, 5.74) is 1.03. The number of hydrogen-bond donors (Lipinski definition) is 1. The lowest BCUT2D eigenvalue weighted by molar-refractivity contribution is -0.137. The lowest BCUT2D eigenvalue weighted by Gasteiger charge is -2.26. The van der Waals surface area contributed by atoms with Crippen molar-refractivity contribution in [3.63, 3.8) is 0 Å². The number of ether oxygens (including phenoxy) is 2. The number of methoxy groups -OCH3 is 2. The standard InChI is InChI=1S/C15H22BrNO4/c1-10(2)17(6-5-15(18)19)9-11-7-13(20-3)14(21-4)8-12(11)16/h7-8,10H,5-6,9H2,1-4H3,(H,18,19). The Morgan fingerprint density at radius 3 is 2.33 bits per heavy atom. The Balaban J connectivity index is 2.95. The molecule has 118 valence electrons. The molecule has 0 aromatic heterocycles. The molecule has 21 heavy (non-hydrogen) atoms. The van der Waals surface area contributed by atoms with E-state index in [4.69, 9.17) is 14.6 Å². The summed E-state index contributed by atoms with van der Waals surface area (Å²) in [6.07, 6.45) is 0.128. The molecule has 0 saturated heterocycles. The van der Waals surface area contributed by atoms with Crippen LogP contribution in [0.15, 0.2) is 16.6 Å². The van der Waals surface area contributed by atoms with Crippen molar-refractivity contribution < 1.29 is 19.4 Å². The van der Waals surface area contributed by atoms with Gasteiger partial charge in [0.15, 0.2) is 11.5 Å². The van der Waals surface area contributed by atoms with Crippen LogP contribution < -0.4 is 9.47 Å². The SMILES string of the molecule is COc1cc(Br)c(CN(CCC(=O)O)C(C)C)cc1OC. The van der Waals surface area contributed by atoms with Crippen molar-refractivity contribution in [2.24, 2.45) is 0 Å². The van der Waals surface area contributed by atoms with Gasteiger partial charge in [-0.25, -0.2) is 0 Å². The monoisotopic (exact) mass is 359 g/mol. The van der Waals surface area contributed by atoms with Gasteiger partial charge in [0.1, 0.15) is 0 Å². The van der Waals surface area contributed by atoms with Gasteiger partial charge in [0, 0.05) is 23.6 Å². The molecule has 1 rings (SSSR count). The molecule has 0 radical (unpaired) electrons. The van der Waals surface area contributed by atoms with Crippen LogP contribution in [-0.2, 0) is 11.3 Å². The third-order valence-corrected chi connectivity index (χ3v) is 4.01. The third kappa shape index (κ3) is 5.21. The first-order chi connectivity index (χ1) is 9.88. The molecule has 0 saturated carbocycles. The highest BCUT2D eigenvalue weighted by Crippen LogP contribution is 2.34. The zero-order valence-electron chi connectivity index (χ0n) is 12.9. The second kappa shape index (κ2) is 8.24. The van der Waals surface area contributed by atoms with Crippen LogP contribution in [0.2, 0.25) is 0 Å². The molecule has 0 bridgehead atoms. The van der Waals surface area contributed by atoms with Crippen LogP contribution in [-0.4, -0.2) is 42.8 Å². The molecule has 0 fully saturated rings. The highest BCUT2D eigenvalue weighted by Gasteiger charge is 2.16. The van der Waals surface area contributed by atoms with Crippen molar-refractivity contribution in [3.8, 4) is 11.5 Å². The Hall–Kier alpha value is -1.27. The van der Waals surface area contributed by atoms with Gasteiger partial charge in [-0.05, 0) is 31.5 Å². The first kappa shape index (κ1) is 17.8. The van der Waals surface area contributed by atoms with Crippen molar-refractivity contribution >= 4 is 21.9 Å². The van der Waals surface area contributed by atoms with Crippen molar-refractivity contribution in [1.29, 1.82) is 0 Å². The molecule has 0 amide bonds. The third-order valence-electron chi connectivity index (χ3n) is 3.27. The second-order valence-corrected chi connectivity index (χ2v) is 5.86. The summed E-state index contributed by atoms with van der Waals surface area (Å²) in [6, 6.07) is 4.03. The van der Waals surface area contributed by atoms with E-state index in [-0.39, 0.29) is 12.5 Å². The lowest BCUT2D eigenvalue weighted by Crippen LogP contribution is -2.32. The van der Waals surface area contributed by atoms with Crippen molar-refractivity contribution in [3.05, 3.63) is 22.2 Å². The Morgan fingerprint density at radius 2 is 1.86 bits per heavy atom. The summed E-state index contributed by atoms with van der Waals surface area (Å²) in [5.74, 6) is 0.541. The topological polar surface area (TPSA) is 59.0 Å². The molecule has 0 aliphatic carbocycles. The van der Waals surface area contributed by atoms with Gasteiger partial charge in [0.05, 0.1) is 20.6 Å². The smallest absolute Gasteiger partial charge is 0.304 e. The minimum atomic E-state index is -0.785. The second-order valence-electron chi connectivity index (χ2n) is 5.01. The highest BCUT2D eigenvalue weighted by atomic mass is 79.9. The molecule has 1 N–H and O–H groups in total. The summed E-state index contributed by atoms with van der Waals surface area (Å²) < 4.78 is 11.5. The maximum absolute atomic E-state index is 10.8. The van der Waals surface area contributed by atoms with Crippen LogP contribution in [0, 0.1) is 0 Å². The van der Waals surface area contributed by atoms with Crippen LogP contribution in [0.3, 0.4) is 0 Å². The fraction of sp³-hybridized carbons (Fsp3) is 0.533. The van der Waals surface area contributed by atoms with Gasteiger partial charge < -0.3 is 14.6 Å². The van der Waals surface area contributed by atoms with Crippen LogP contribution in [0.1, 0.15) is 25.8 Å². The number of hydrogen-bond acceptors (Lipinski definition) is 4. The molecular weight excluding hydrogens is 338 g/mol. The number of nitrogens with zero attached hydrogens (tertiary/aromatic N) is 1. The molecule has 1 aromatic carbocycles. The van der Waals surface area contributed by atoms with E-state index in [1.54, 1.807) is 14.2 Å². The van der Waals surface area contributed by atoms with Gasteiger partial charge in [-0.3, -0.25) is 9.69 Å². The van der Waals surface area contributed by atoms with Gasteiger partial charge >= 0.3 is 5.97 Å². The van der Waals surface area contributed by atoms with E-state index >= 15 is 0 Å². The van der Waals surface area contributed by atoms with Crippen molar-refractivity contribution in [2.45, 2.75) is 32.9 Å². The van der Waals surface area contributed by atoms with E-state index in [1.165, 1.54) is 0 Å². The first-order valence-corrected chi connectivity index (χ1v) is 7.54. The Bertz CT molecular complexity index is 491. The minimum Gasteiger partial charge on any atom is -0.493 e. The summed E-state index contributed by atoms with van der Waals surface area (Å²) >= 11 is 3.53.